The Bertz CT molecular complexity index is 1030. The minimum Gasteiger partial charge on any atom is -0.496 e. The minimum absolute atomic E-state index is 0.694. The number of H-pyrrole nitrogens is 1. The first-order valence-corrected chi connectivity index (χ1v) is 8.45. The van der Waals surface area contributed by atoms with Crippen molar-refractivity contribution in [1.29, 1.82) is 0 Å². The van der Waals surface area contributed by atoms with Crippen molar-refractivity contribution >= 4 is 11.6 Å². The van der Waals surface area contributed by atoms with Gasteiger partial charge in [0.25, 0.3) is 0 Å². The molecule has 1 radical (unpaired) electrons. The maximum atomic E-state index is 6.04. The molecule has 0 atom stereocenters. The molecule has 0 aliphatic carbocycles. The summed E-state index contributed by atoms with van der Waals surface area (Å²) < 4.78 is 5.51. The molecule has 26 heavy (non-hydrogen) atoms. The van der Waals surface area contributed by atoms with Gasteiger partial charge in [0, 0.05) is 34.1 Å². The molecule has 0 unspecified atom stereocenters. The van der Waals surface area contributed by atoms with Gasteiger partial charge in [0.1, 0.15) is 11.4 Å². The van der Waals surface area contributed by atoms with E-state index < -0.39 is 0 Å². The van der Waals surface area contributed by atoms with Crippen molar-refractivity contribution in [3.63, 3.8) is 0 Å². The Balaban J connectivity index is 1.97. The smallest absolute Gasteiger partial charge is 0.128 e. The summed E-state index contributed by atoms with van der Waals surface area (Å²) in [6, 6.07) is 20.3. The quantitative estimate of drug-likeness (QED) is 0.539. The highest BCUT2D eigenvalue weighted by Crippen LogP contribution is 2.41. The molecule has 2 heterocycles. The van der Waals surface area contributed by atoms with E-state index in [1.165, 1.54) is 0 Å². The summed E-state index contributed by atoms with van der Waals surface area (Å²) in [6.45, 7) is 0. The Kier molecular flexibility index (Phi) is 4.42. The minimum atomic E-state index is 0.694. The number of methoxy groups -OCH3 is 1. The van der Waals surface area contributed by atoms with Crippen LogP contribution in [0, 0.1) is 6.07 Å². The van der Waals surface area contributed by atoms with Gasteiger partial charge in [-0.15, -0.1) is 0 Å². The van der Waals surface area contributed by atoms with Crippen LogP contribution in [0.2, 0.25) is 5.02 Å². The number of pyridine rings is 1. The van der Waals surface area contributed by atoms with E-state index in [1.807, 2.05) is 54.6 Å². The average Bonchev–Trinajstić information content (AvgIpc) is 3.14. The van der Waals surface area contributed by atoms with Crippen molar-refractivity contribution < 1.29 is 4.74 Å². The number of nitrogens with one attached hydrogen (secondary N) is 1. The summed E-state index contributed by atoms with van der Waals surface area (Å²) in [6.07, 6.45) is 3.54. The summed E-state index contributed by atoms with van der Waals surface area (Å²) in [5, 5.41) is 8.47. The molecule has 0 fully saturated rings. The molecule has 4 nitrogen and oxygen atoms in total. The Morgan fingerprint density at radius 3 is 2.50 bits per heavy atom. The van der Waals surface area contributed by atoms with Crippen LogP contribution >= 0.6 is 11.6 Å². The largest absolute Gasteiger partial charge is 0.496 e. The van der Waals surface area contributed by atoms with Gasteiger partial charge in [-0.3, -0.25) is 10.1 Å². The molecule has 4 rings (SSSR count). The number of hydrogen-bond donors (Lipinski definition) is 1. The fourth-order valence-electron chi connectivity index (χ4n) is 2.94. The van der Waals surface area contributed by atoms with Crippen LogP contribution in [0.5, 0.6) is 5.75 Å². The zero-order valence-electron chi connectivity index (χ0n) is 14.0. The second kappa shape index (κ2) is 7.02. The average molecular weight is 361 g/mol. The maximum Gasteiger partial charge on any atom is 0.128 e. The maximum absolute atomic E-state index is 6.04. The Morgan fingerprint density at radius 2 is 1.77 bits per heavy atom. The van der Waals surface area contributed by atoms with E-state index in [0.29, 0.717) is 5.02 Å². The van der Waals surface area contributed by atoms with Gasteiger partial charge in [-0.2, -0.15) is 5.10 Å². The fourth-order valence-corrected chi connectivity index (χ4v) is 3.07. The van der Waals surface area contributed by atoms with Crippen molar-refractivity contribution in [2.75, 3.05) is 7.11 Å². The molecule has 5 heteroatoms. The summed E-state index contributed by atoms with van der Waals surface area (Å²) in [5.74, 6) is 0.719. The van der Waals surface area contributed by atoms with Crippen LogP contribution in [0.4, 0.5) is 0 Å². The molecule has 0 saturated carbocycles. The number of hydrogen-bond acceptors (Lipinski definition) is 3. The number of rotatable bonds is 4. The van der Waals surface area contributed by atoms with Crippen molar-refractivity contribution in [3.8, 4) is 39.4 Å². The number of ether oxygens (including phenoxy) is 1. The van der Waals surface area contributed by atoms with Crippen molar-refractivity contribution in [2.45, 2.75) is 0 Å². The third-order valence-electron chi connectivity index (χ3n) is 4.17. The lowest BCUT2D eigenvalue weighted by Gasteiger charge is -2.10. The molecule has 127 valence electrons. The van der Waals surface area contributed by atoms with Crippen LogP contribution in [-0.2, 0) is 0 Å². The molecule has 2 aromatic carbocycles. The molecule has 2 aromatic heterocycles. The highest BCUT2D eigenvalue weighted by atomic mass is 35.5. The lowest BCUT2D eigenvalue weighted by molar-refractivity contribution is 0.416. The van der Waals surface area contributed by atoms with Gasteiger partial charge in [0.05, 0.1) is 12.8 Å². The van der Waals surface area contributed by atoms with E-state index in [4.69, 9.17) is 16.3 Å². The van der Waals surface area contributed by atoms with Gasteiger partial charge < -0.3 is 4.74 Å². The number of nitrogens with zero attached hydrogens (tertiary/aromatic N) is 2. The summed E-state index contributed by atoms with van der Waals surface area (Å²) in [5.41, 5.74) is 5.63. The molecule has 0 amide bonds. The predicted molar refractivity (Wildman–Crippen MR) is 103 cm³/mol. The zero-order chi connectivity index (χ0) is 17.9. The van der Waals surface area contributed by atoms with E-state index >= 15 is 0 Å². The van der Waals surface area contributed by atoms with E-state index in [9.17, 15) is 0 Å². The Hall–Kier alpha value is -3.11. The van der Waals surface area contributed by atoms with Gasteiger partial charge in [0.15, 0.2) is 0 Å². The topological polar surface area (TPSA) is 50.8 Å². The van der Waals surface area contributed by atoms with Crippen molar-refractivity contribution in [1.82, 2.24) is 15.2 Å². The summed E-state index contributed by atoms with van der Waals surface area (Å²) in [7, 11) is 1.64. The SMILES string of the molecule is COc1c[c]ccc1-c1n[nH]c(-c2ccc(Cl)cc2)c1-c1ccncc1. The lowest BCUT2D eigenvalue weighted by Crippen LogP contribution is -1.90. The van der Waals surface area contributed by atoms with Crippen LogP contribution in [0.15, 0.2) is 67.0 Å². The Labute approximate surface area is 156 Å². The first kappa shape index (κ1) is 16.4. The van der Waals surface area contributed by atoms with Gasteiger partial charge in [-0.05, 0) is 48.0 Å². The highest BCUT2D eigenvalue weighted by molar-refractivity contribution is 6.30. The number of aromatic amines is 1. The molecule has 0 spiro atoms. The standard InChI is InChI=1S/C21H15ClN3O/c1-26-18-5-3-2-4-17(18)21-19(14-10-12-23-13-11-14)20(24-25-21)15-6-8-16(22)9-7-15/h2,4-13H,1H3,(H,24,25). The lowest BCUT2D eigenvalue weighted by atomic mass is 9.96. The van der Waals surface area contributed by atoms with Gasteiger partial charge in [0.2, 0.25) is 0 Å². The Morgan fingerprint density at radius 1 is 1.00 bits per heavy atom. The van der Waals surface area contributed by atoms with Crippen LogP contribution in [0.3, 0.4) is 0 Å². The van der Waals surface area contributed by atoms with Crippen LogP contribution in [0.25, 0.3) is 33.6 Å². The van der Waals surface area contributed by atoms with E-state index in [2.05, 4.69) is 21.2 Å². The monoisotopic (exact) mass is 360 g/mol. The highest BCUT2D eigenvalue weighted by Gasteiger charge is 2.20. The van der Waals surface area contributed by atoms with Crippen LogP contribution < -0.4 is 4.74 Å². The first-order valence-electron chi connectivity index (χ1n) is 8.07. The second-order valence-corrected chi connectivity index (χ2v) is 6.13. The summed E-state index contributed by atoms with van der Waals surface area (Å²) in [4.78, 5) is 4.13. The molecule has 4 aromatic rings. The number of halogens is 1. The van der Waals surface area contributed by atoms with Gasteiger partial charge in [-0.1, -0.05) is 29.8 Å². The molecular weight excluding hydrogens is 346 g/mol. The predicted octanol–water partition coefficient (Wildman–Crippen LogP) is 5.27. The molecular formula is C21H15ClN3O. The van der Waals surface area contributed by atoms with Crippen molar-refractivity contribution in [2.24, 2.45) is 0 Å². The number of aromatic nitrogens is 3. The van der Waals surface area contributed by atoms with Gasteiger partial charge in [-0.25, -0.2) is 0 Å². The van der Waals surface area contributed by atoms with E-state index in [-0.39, 0.29) is 0 Å². The van der Waals surface area contributed by atoms with Crippen LogP contribution in [-0.4, -0.2) is 22.3 Å². The third-order valence-corrected chi connectivity index (χ3v) is 4.42. The van der Waals surface area contributed by atoms with Gasteiger partial charge >= 0.3 is 0 Å². The second-order valence-electron chi connectivity index (χ2n) is 5.69. The number of benzene rings is 2. The first-order chi connectivity index (χ1) is 12.8. The van der Waals surface area contributed by atoms with E-state index in [1.54, 1.807) is 19.5 Å². The fraction of sp³-hybridized carbons (Fsp3) is 0.0476. The van der Waals surface area contributed by atoms with Crippen LogP contribution in [0.1, 0.15) is 0 Å². The molecule has 0 aliphatic rings. The van der Waals surface area contributed by atoms with Crippen molar-refractivity contribution in [3.05, 3.63) is 78.1 Å². The molecule has 0 saturated heterocycles. The third kappa shape index (κ3) is 2.95. The molecule has 0 aliphatic heterocycles. The summed E-state index contributed by atoms with van der Waals surface area (Å²) >= 11 is 6.04. The normalized spacial score (nSPS) is 10.7. The van der Waals surface area contributed by atoms with E-state index in [0.717, 1.165) is 39.4 Å². The molecule has 1 N–H and O–H groups in total. The zero-order valence-corrected chi connectivity index (χ0v) is 14.8. The molecule has 0 bridgehead atoms.